The summed E-state index contributed by atoms with van der Waals surface area (Å²) in [5, 5.41) is 2.89. The number of rotatable bonds is 3. The van der Waals surface area contributed by atoms with E-state index in [0.29, 0.717) is 6.54 Å². The van der Waals surface area contributed by atoms with E-state index in [1.54, 1.807) is 0 Å². The number of nitrogens with one attached hydrogen (secondary N) is 1. The van der Waals surface area contributed by atoms with Gasteiger partial charge in [0.2, 0.25) is 0 Å². The predicted octanol–water partition coefficient (Wildman–Crippen LogP) is 4.33. The Labute approximate surface area is 110 Å². The van der Waals surface area contributed by atoms with Crippen molar-refractivity contribution >= 4 is 5.69 Å². The number of hydrogen-bond donors (Lipinski definition) is 1. The van der Waals surface area contributed by atoms with Crippen LogP contribution in [0.5, 0.6) is 0 Å². The van der Waals surface area contributed by atoms with Gasteiger partial charge in [0.1, 0.15) is 0 Å². The van der Waals surface area contributed by atoms with Gasteiger partial charge >= 0.3 is 0 Å². The Morgan fingerprint density at radius 1 is 1.00 bits per heavy atom. The highest BCUT2D eigenvalue weighted by Crippen LogP contribution is 2.19. The van der Waals surface area contributed by atoms with Crippen molar-refractivity contribution in [1.82, 2.24) is 0 Å². The summed E-state index contributed by atoms with van der Waals surface area (Å²) in [5.74, 6) is -3.83. The predicted molar refractivity (Wildman–Crippen MR) is 69.6 cm³/mol. The molecule has 0 saturated carbocycles. The van der Waals surface area contributed by atoms with Crippen LogP contribution in [0.4, 0.5) is 18.9 Å². The van der Waals surface area contributed by atoms with Gasteiger partial charge in [-0.25, -0.2) is 13.2 Å². The summed E-state index contributed by atoms with van der Waals surface area (Å²) in [7, 11) is 0. The first-order chi connectivity index (χ1) is 8.99. The van der Waals surface area contributed by atoms with Crippen LogP contribution in [0.2, 0.25) is 0 Å². The Bertz CT molecular complexity index is 585. The molecule has 0 fully saturated rings. The zero-order valence-corrected chi connectivity index (χ0v) is 10.7. The van der Waals surface area contributed by atoms with E-state index < -0.39 is 17.5 Å². The summed E-state index contributed by atoms with van der Waals surface area (Å²) in [5.41, 5.74) is 3.52. The van der Waals surface area contributed by atoms with E-state index in [0.717, 1.165) is 28.8 Å². The molecule has 0 saturated heterocycles. The highest BCUT2D eigenvalue weighted by Gasteiger charge is 2.10. The number of halogens is 3. The van der Waals surface area contributed by atoms with Crippen LogP contribution in [0.3, 0.4) is 0 Å². The van der Waals surface area contributed by atoms with Crippen molar-refractivity contribution in [3.05, 3.63) is 64.5 Å². The third kappa shape index (κ3) is 2.89. The summed E-state index contributed by atoms with van der Waals surface area (Å²) in [6.07, 6.45) is 0. The van der Waals surface area contributed by atoms with E-state index in [2.05, 4.69) is 5.32 Å². The van der Waals surface area contributed by atoms with Crippen LogP contribution in [0.1, 0.15) is 16.7 Å². The van der Waals surface area contributed by atoms with Crippen LogP contribution >= 0.6 is 0 Å². The second-order valence-electron chi connectivity index (χ2n) is 4.47. The Hall–Kier alpha value is -1.97. The van der Waals surface area contributed by atoms with Gasteiger partial charge in [0, 0.05) is 24.4 Å². The zero-order chi connectivity index (χ0) is 14.0. The molecule has 0 unspecified atom stereocenters. The lowest BCUT2D eigenvalue weighted by Crippen LogP contribution is -2.04. The topological polar surface area (TPSA) is 12.0 Å². The number of hydrogen-bond acceptors (Lipinski definition) is 1. The molecule has 100 valence electrons. The zero-order valence-electron chi connectivity index (χ0n) is 10.7. The van der Waals surface area contributed by atoms with Gasteiger partial charge in [-0.1, -0.05) is 18.2 Å². The average Bonchev–Trinajstić information content (AvgIpc) is 2.37. The average molecular weight is 265 g/mol. The molecule has 2 aromatic carbocycles. The monoisotopic (exact) mass is 265 g/mol. The molecular formula is C15H14F3N. The van der Waals surface area contributed by atoms with Gasteiger partial charge in [-0.05, 0) is 30.5 Å². The summed E-state index contributed by atoms with van der Waals surface area (Å²) >= 11 is 0. The molecule has 0 heterocycles. The molecule has 2 aromatic rings. The maximum Gasteiger partial charge on any atom is 0.194 e. The van der Waals surface area contributed by atoms with Crippen molar-refractivity contribution in [1.29, 1.82) is 0 Å². The number of benzene rings is 2. The second kappa shape index (κ2) is 5.34. The van der Waals surface area contributed by atoms with Gasteiger partial charge in [-0.3, -0.25) is 0 Å². The van der Waals surface area contributed by atoms with E-state index in [1.807, 2.05) is 32.0 Å². The lowest BCUT2D eigenvalue weighted by atomic mass is 10.0. The highest BCUT2D eigenvalue weighted by atomic mass is 19.2. The minimum atomic E-state index is -1.45. The van der Waals surface area contributed by atoms with E-state index in [-0.39, 0.29) is 5.69 Å². The van der Waals surface area contributed by atoms with Crippen molar-refractivity contribution < 1.29 is 13.2 Å². The van der Waals surface area contributed by atoms with E-state index in [9.17, 15) is 13.2 Å². The van der Waals surface area contributed by atoms with Gasteiger partial charge in [0.25, 0.3) is 0 Å². The minimum Gasteiger partial charge on any atom is -0.381 e. The SMILES string of the molecule is Cc1cccc(CNc2cc(F)c(F)c(F)c2)c1C. The molecule has 0 bridgehead atoms. The van der Waals surface area contributed by atoms with Crippen molar-refractivity contribution in [3.63, 3.8) is 0 Å². The quantitative estimate of drug-likeness (QED) is 0.814. The Morgan fingerprint density at radius 3 is 2.26 bits per heavy atom. The fourth-order valence-corrected chi connectivity index (χ4v) is 1.86. The first-order valence-electron chi connectivity index (χ1n) is 5.92. The summed E-state index contributed by atoms with van der Waals surface area (Å²) in [6, 6.07) is 7.75. The Kier molecular flexibility index (Phi) is 3.79. The lowest BCUT2D eigenvalue weighted by Gasteiger charge is -2.11. The fourth-order valence-electron chi connectivity index (χ4n) is 1.86. The molecule has 1 N–H and O–H groups in total. The second-order valence-corrected chi connectivity index (χ2v) is 4.47. The lowest BCUT2D eigenvalue weighted by molar-refractivity contribution is 0.447. The standard InChI is InChI=1S/C15H14F3N/c1-9-4-3-5-11(10(9)2)8-19-12-6-13(16)15(18)14(17)7-12/h3-7,19H,8H2,1-2H3. The number of anilines is 1. The largest absolute Gasteiger partial charge is 0.381 e. The molecule has 0 aromatic heterocycles. The Morgan fingerprint density at radius 2 is 1.63 bits per heavy atom. The smallest absolute Gasteiger partial charge is 0.194 e. The normalized spacial score (nSPS) is 10.6. The van der Waals surface area contributed by atoms with Gasteiger partial charge in [0.15, 0.2) is 17.5 Å². The van der Waals surface area contributed by atoms with E-state index in [1.165, 1.54) is 0 Å². The first kappa shape index (κ1) is 13.5. The van der Waals surface area contributed by atoms with E-state index >= 15 is 0 Å². The molecule has 4 heteroatoms. The van der Waals surface area contributed by atoms with Crippen LogP contribution in [0.15, 0.2) is 30.3 Å². The van der Waals surface area contributed by atoms with E-state index in [4.69, 9.17) is 0 Å². The fraction of sp³-hybridized carbons (Fsp3) is 0.200. The van der Waals surface area contributed by atoms with Crippen molar-refractivity contribution in [2.24, 2.45) is 0 Å². The maximum atomic E-state index is 13.1. The highest BCUT2D eigenvalue weighted by molar-refractivity contribution is 5.45. The van der Waals surface area contributed by atoms with Gasteiger partial charge in [0.05, 0.1) is 0 Å². The molecular weight excluding hydrogens is 251 g/mol. The molecule has 0 aliphatic carbocycles. The maximum absolute atomic E-state index is 13.1. The summed E-state index contributed by atoms with van der Waals surface area (Å²) < 4.78 is 38.9. The van der Waals surface area contributed by atoms with Gasteiger partial charge in [-0.15, -0.1) is 0 Å². The number of aryl methyl sites for hydroxylation is 1. The molecule has 0 spiro atoms. The molecule has 0 aliphatic rings. The molecule has 2 rings (SSSR count). The van der Waals surface area contributed by atoms with Crippen molar-refractivity contribution in [2.45, 2.75) is 20.4 Å². The van der Waals surface area contributed by atoms with Crippen LogP contribution in [-0.2, 0) is 6.54 Å². The molecule has 0 atom stereocenters. The van der Waals surface area contributed by atoms with Gasteiger partial charge in [-0.2, -0.15) is 0 Å². The summed E-state index contributed by atoms with van der Waals surface area (Å²) in [6.45, 7) is 4.41. The molecule has 0 radical (unpaired) electrons. The van der Waals surface area contributed by atoms with Crippen LogP contribution in [0, 0.1) is 31.3 Å². The minimum absolute atomic E-state index is 0.220. The van der Waals surface area contributed by atoms with Crippen LogP contribution in [0.25, 0.3) is 0 Å². The van der Waals surface area contributed by atoms with Crippen LogP contribution < -0.4 is 5.32 Å². The van der Waals surface area contributed by atoms with Gasteiger partial charge < -0.3 is 5.32 Å². The third-order valence-corrected chi connectivity index (χ3v) is 3.18. The molecule has 19 heavy (non-hydrogen) atoms. The molecule has 1 nitrogen and oxygen atoms in total. The van der Waals surface area contributed by atoms with Crippen LogP contribution in [-0.4, -0.2) is 0 Å². The molecule has 0 aliphatic heterocycles. The summed E-state index contributed by atoms with van der Waals surface area (Å²) in [4.78, 5) is 0. The van der Waals surface area contributed by atoms with Crippen molar-refractivity contribution in [3.8, 4) is 0 Å². The molecule has 0 amide bonds. The Balaban J connectivity index is 2.17. The third-order valence-electron chi connectivity index (χ3n) is 3.18. The van der Waals surface area contributed by atoms with Crippen molar-refractivity contribution in [2.75, 3.05) is 5.32 Å². The first-order valence-corrected chi connectivity index (χ1v) is 5.92.